The first-order valence-electron chi connectivity index (χ1n) is 8.47. The van der Waals surface area contributed by atoms with Gasteiger partial charge in [-0.15, -0.1) is 0 Å². The van der Waals surface area contributed by atoms with Gasteiger partial charge in [0.25, 0.3) is 5.91 Å². The molecule has 1 saturated heterocycles. The van der Waals surface area contributed by atoms with Gasteiger partial charge in [0.15, 0.2) is 0 Å². The van der Waals surface area contributed by atoms with Crippen LogP contribution in [0.3, 0.4) is 0 Å². The summed E-state index contributed by atoms with van der Waals surface area (Å²) in [7, 11) is 0. The molecule has 1 N–H and O–H groups in total. The quantitative estimate of drug-likeness (QED) is 0.803. The van der Waals surface area contributed by atoms with E-state index in [2.05, 4.69) is 33.2 Å². The Hall–Kier alpha value is -1.88. The van der Waals surface area contributed by atoms with Crippen LogP contribution in [-0.4, -0.2) is 28.4 Å². The molecule has 2 aromatic rings. The number of pyridine rings is 1. The summed E-state index contributed by atoms with van der Waals surface area (Å²) in [6.45, 7) is 2.98. The lowest BCUT2D eigenvalue weighted by atomic mass is 9.99. The van der Waals surface area contributed by atoms with E-state index in [9.17, 15) is 4.79 Å². The normalized spacial score (nSPS) is 17.6. The third kappa shape index (κ3) is 3.96. The highest BCUT2D eigenvalue weighted by Gasteiger charge is 2.26. The number of hydrogen-bond acceptors (Lipinski definition) is 3. The van der Waals surface area contributed by atoms with E-state index in [0.717, 1.165) is 41.7 Å². The Morgan fingerprint density at radius 3 is 2.79 bits per heavy atom. The average molecular weight is 388 g/mol. The molecule has 1 aliphatic rings. The van der Waals surface area contributed by atoms with Crippen LogP contribution >= 0.6 is 15.9 Å². The number of likely N-dealkylation sites (tertiary alicyclic amines) is 1. The summed E-state index contributed by atoms with van der Waals surface area (Å²) in [5.41, 5.74) is 2.37. The van der Waals surface area contributed by atoms with E-state index in [1.807, 2.05) is 41.3 Å². The Balaban J connectivity index is 1.76. The molecule has 3 rings (SSSR count). The van der Waals surface area contributed by atoms with Crippen LogP contribution < -0.4 is 5.32 Å². The first-order chi connectivity index (χ1) is 11.7. The molecule has 24 heavy (non-hydrogen) atoms. The third-order valence-corrected chi connectivity index (χ3v) is 5.00. The molecule has 1 fully saturated rings. The Bertz CT molecular complexity index is 702. The van der Waals surface area contributed by atoms with E-state index >= 15 is 0 Å². The van der Waals surface area contributed by atoms with Gasteiger partial charge in [0.2, 0.25) is 0 Å². The number of rotatable bonds is 4. The van der Waals surface area contributed by atoms with Crippen molar-refractivity contribution in [3.8, 4) is 0 Å². The molecule has 126 valence electrons. The van der Waals surface area contributed by atoms with Crippen molar-refractivity contribution < 1.29 is 4.79 Å². The lowest BCUT2D eigenvalue weighted by molar-refractivity contribution is 0.0602. The Morgan fingerprint density at radius 1 is 1.25 bits per heavy atom. The topological polar surface area (TPSA) is 45.2 Å². The molecule has 1 atom stereocenters. The van der Waals surface area contributed by atoms with E-state index in [0.29, 0.717) is 11.7 Å². The van der Waals surface area contributed by atoms with Crippen molar-refractivity contribution in [1.29, 1.82) is 0 Å². The molecule has 5 heteroatoms. The Kier molecular flexibility index (Phi) is 5.51. The van der Waals surface area contributed by atoms with E-state index in [1.54, 1.807) is 6.20 Å². The summed E-state index contributed by atoms with van der Waals surface area (Å²) in [6.07, 6.45) is 6.08. The van der Waals surface area contributed by atoms with Crippen molar-refractivity contribution >= 4 is 33.2 Å². The van der Waals surface area contributed by atoms with Gasteiger partial charge in [-0.2, -0.15) is 0 Å². The van der Waals surface area contributed by atoms with Crippen LogP contribution in [-0.2, 0) is 0 Å². The van der Waals surface area contributed by atoms with Gasteiger partial charge in [0, 0.05) is 34.6 Å². The molecular weight excluding hydrogens is 366 g/mol. The van der Waals surface area contributed by atoms with Crippen LogP contribution in [0.1, 0.15) is 43.1 Å². The van der Waals surface area contributed by atoms with E-state index in [-0.39, 0.29) is 5.91 Å². The molecule has 0 spiro atoms. The fourth-order valence-electron chi connectivity index (χ4n) is 3.16. The van der Waals surface area contributed by atoms with Crippen LogP contribution in [0.4, 0.5) is 11.4 Å². The molecule has 0 radical (unpaired) electrons. The van der Waals surface area contributed by atoms with Crippen molar-refractivity contribution in [2.75, 3.05) is 11.9 Å². The van der Waals surface area contributed by atoms with Crippen molar-refractivity contribution in [1.82, 2.24) is 9.88 Å². The van der Waals surface area contributed by atoms with Crippen molar-refractivity contribution in [3.63, 3.8) is 0 Å². The maximum absolute atomic E-state index is 12.8. The first-order valence-corrected chi connectivity index (χ1v) is 9.26. The van der Waals surface area contributed by atoms with Crippen LogP contribution in [0, 0.1) is 0 Å². The van der Waals surface area contributed by atoms with Gasteiger partial charge in [-0.25, -0.2) is 0 Å². The molecule has 1 aliphatic heterocycles. The van der Waals surface area contributed by atoms with Crippen molar-refractivity contribution in [3.05, 3.63) is 52.8 Å². The standard InChI is InChI=1S/C19H22BrN3O/c1-2-17-5-3-4-12-23(17)19(24)18-13-16(10-11-21-18)22-15-8-6-14(20)7-9-15/h6-11,13,17H,2-5,12H2,1H3,(H,21,22). The molecule has 0 saturated carbocycles. The minimum Gasteiger partial charge on any atom is -0.355 e. The van der Waals surface area contributed by atoms with Gasteiger partial charge in [0.05, 0.1) is 0 Å². The largest absolute Gasteiger partial charge is 0.355 e. The van der Waals surface area contributed by atoms with E-state index < -0.39 is 0 Å². The SMILES string of the molecule is CCC1CCCCN1C(=O)c1cc(Nc2ccc(Br)cc2)ccn1. The number of aromatic nitrogens is 1. The zero-order valence-electron chi connectivity index (χ0n) is 13.8. The number of anilines is 2. The first kappa shape index (κ1) is 17.0. The molecule has 4 nitrogen and oxygen atoms in total. The number of benzene rings is 1. The summed E-state index contributed by atoms with van der Waals surface area (Å²) in [4.78, 5) is 19.1. The van der Waals surface area contributed by atoms with Gasteiger partial charge in [-0.05, 0) is 62.1 Å². The van der Waals surface area contributed by atoms with Crippen LogP contribution in [0.5, 0.6) is 0 Å². The second-order valence-corrected chi connectivity index (χ2v) is 7.03. The van der Waals surface area contributed by atoms with Crippen molar-refractivity contribution in [2.24, 2.45) is 0 Å². The minimum atomic E-state index is 0.0426. The van der Waals surface area contributed by atoms with Crippen molar-refractivity contribution in [2.45, 2.75) is 38.6 Å². The summed E-state index contributed by atoms with van der Waals surface area (Å²) >= 11 is 3.43. The minimum absolute atomic E-state index is 0.0426. The molecule has 1 unspecified atom stereocenters. The van der Waals surface area contributed by atoms with Crippen LogP contribution in [0.25, 0.3) is 0 Å². The third-order valence-electron chi connectivity index (χ3n) is 4.47. The smallest absolute Gasteiger partial charge is 0.272 e. The van der Waals surface area contributed by atoms with Gasteiger partial charge in [-0.3, -0.25) is 9.78 Å². The Morgan fingerprint density at radius 2 is 2.04 bits per heavy atom. The fraction of sp³-hybridized carbons (Fsp3) is 0.368. The maximum Gasteiger partial charge on any atom is 0.272 e. The van der Waals surface area contributed by atoms with Gasteiger partial charge in [-0.1, -0.05) is 22.9 Å². The second-order valence-electron chi connectivity index (χ2n) is 6.12. The fourth-order valence-corrected chi connectivity index (χ4v) is 3.43. The summed E-state index contributed by atoms with van der Waals surface area (Å²) < 4.78 is 1.04. The zero-order chi connectivity index (χ0) is 16.9. The molecule has 2 heterocycles. The molecule has 1 aromatic carbocycles. The number of carbonyl (C=O) groups excluding carboxylic acids is 1. The lowest BCUT2D eigenvalue weighted by Gasteiger charge is -2.35. The second kappa shape index (κ2) is 7.79. The molecular formula is C19H22BrN3O. The van der Waals surface area contributed by atoms with E-state index in [1.165, 1.54) is 6.42 Å². The molecule has 1 aromatic heterocycles. The Labute approximate surface area is 151 Å². The molecule has 1 amide bonds. The predicted molar refractivity (Wildman–Crippen MR) is 101 cm³/mol. The number of amides is 1. The van der Waals surface area contributed by atoms with Gasteiger partial charge in [0.1, 0.15) is 5.69 Å². The zero-order valence-corrected chi connectivity index (χ0v) is 15.4. The number of nitrogens with one attached hydrogen (secondary N) is 1. The summed E-state index contributed by atoms with van der Waals surface area (Å²) in [6, 6.07) is 12.0. The van der Waals surface area contributed by atoms with E-state index in [4.69, 9.17) is 0 Å². The molecule has 0 aliphatic carbocycles. The predicted octanol–water partition coefficient (Wildman–Crippen LogP) is 4.99. The number of hydrogen-bond donors (Lipinski definition) is 1. The molecule has 0 bridgehead atoms. The average Bonchev–Trinajstić information content (AvgIpc) is 2.63. The monoisotopic (exact) mass is 387 g/mol. The summed E-state index contributed by atoms with van der Waals surface area (Å²) in [5.74, 6) is 0.0426. The number of piperidine rings is 1. The van der Waals surface area contributed by atoms with Gasteiger partial charge >= 0.3 is 0 Å². The highest BCUT2D eigenvalue weighted by molar-refractivity contribution is 9.10. The maximum atomic E-state index is 12.8. The summed E-state index contributed by atoms with van der Waals surface area (Å²) in [5, 5.41) is 3.32. The lowest BCUT2D eigenvalue weighted by Crippen LogP contribution is -2.43. The van der Waals surface area contributed by atoms with Crippen LogP contribution in [0.15, 0.2) is 47.1 Å². The highest BCUT2D eigenvalue weighted by atomic mass is 79.9. The number of halogens is 1. The van der Waals surface area contributed by atoms with Crippen LogP contribution in [0.2, 0.25) is 0 Å². The highest BCUT2D eigenvalue weighted by Crippen LogP contribution is 2.23. The van der Waals surface area contributed by atoms with Gasteiger partial charge < -0.3 is 10.2 Å². The number of nitrogens with zero attached hydrogens (tertiary/aromatic N) is 2. The number of carbonyl (C=O) groups is 1.